The first-order valence-electron chi connectivity index (χ1n) is 9.70. The molecule has 1 heterocycles. The maximum atomic E-state index is 13.2. The minimum atomic E-state index is -0.755. The highest BCUT2D eigenvalue weighted by Crippen LogP contribution is 2.16. The predicted octanol–water partition coefficient (Wildman–Crippen LogP) is 3.63. The molecular weight excluding hydrogens is 409 g/mol. The van der Waals surface area contributed by atoms with Crippen LogP contribution in [-0.2, 0) is 6.54 Å². The van der Waals surface area contributed by atoms with Gasteiger partial charge >= 0.3 is 0 Å². The number of carbonyl (C=O) groups excluding carboxylic acids is 2. The van der Waals surface area contributed by atoms with Gasteiger partial charge in [0.15, 0.2) is 0 Å². The molecule has 3 aromatic carbocycles. The van der Waals surface area contributed by atoms with Gasteiger partial charge < -0.3 is 5.32 Å². The first kappa shape index (κ1) is 20.7. The summed E-state index contributed by atoms with van der Waals surface area (Å²) in [6.45, 7) is 0.0922. The summed E-state index contributed by atoms with van der Waals surface area (Å²) >= 11 is 0. The molecule has 0 spiro atoms. The molecule has 156 valence electrons. The second kappa shape index (κ2) is 8.66. The molecule has 1 aromatic heterocycles. The number of benzene rings is 3. The third-order valence-corrected chi connectivity index (χ3v) is 4.99. The van der Waals surface area contributed by atoms with Gasteiger partial charge in [-0.3, -0.25) is 14.4 Å². The zero-order chi connectivity index (χ0) is 22.7. The molecular formula is C25H16FN3O3. The number of amides is 1. The van der Waals surface area contributed by atoms with E-state index in [1.807, 2.05) is 6.07 Å². The normalized spacial score (nSPS) is 10.5. The van der Waals surface area contributed by atoms with Gasteiger partial charge in [-0.05, 0) is 59.5 Å². The van der Waals surface area contributed by atoms with Crippen LogP contribution in [-0.4, -0.2) is 16.4 Å². The van der Waals surface area contributed by atoms with Crippen LogP contribution in [0.1, 0.15) is 31.8 Å². The Labute approximate surface area is 182 Å². The highest BCUT2D eigenvalue weighted by molar-refractivity contribution is 6.04. The topological polar surface area (TPSA) is 92.0 Å². The van der Waals surface area contributed by atoms with E-state index in [2.05, 4.69) is 5.32 Å². The summed E-state index contributed by atoms with van der Waals surface area (Å²) in [5.41, 5.74) is 0.673. The van der Waals surface area contributed by atoms with E-state index in [0.717, 1.165) is 4.57 Å². The van der Waals surface area contributed by atoms with Crippen molar-refractivity contribution in [2.24, 2.45) is 0 Å². The first-order chi connectivity index (χ1) is 15.5. The smallest absolute Gasteiger partial charge is 0.270 e. The van der Waals surface area contributed by atoms with Crippen LogP contribution in [0, 0.1) is 17.1 Å². The number of nitrogens with zero attached hydrogens (tertiary/aromatic N) is 2. The number of aromatic nitrogens is 1. The Balaban J connectivity index is 1.74. The number of rotatable bonds is 4. The summed E-state index contributed by atoms with van der Waals surface area (Å²) < 4.78 is 14.0. The standard InChI is InChI=1S/C25H16FN3O3/c26-20-11-7-17(8-12-20)15-28-23(30)21-13-19-3-1-2-4-22(19)29(25(21)32)24(31)18-9-5-16(14-27)6-10-18/h1-13H,15H2,(H,28,30). The summed E-state index contributed by atoms with van der Waals surface area (Å²) in [6.07, 6.45) is 0. The van der Waals surface area contributed by atoms with Crippen molar-refractivity contribution in [2.45, 2.75) is 6.54 Å². The SMILES string of the molecule is N#Cc1ccc(C(=O)n2c(=O)c(C(=O)NCc3ccc(F)cc3)cc3ccccc32)cc1. The lowest BCUT2D eigenvalue weighted by Crippen LogP contribution is -2.35. The van der Waals surface area contributed by atoms with E-state index < -0.39 is 17.4 Å². The Kier molecular flexibility index (Phi) is 5.60. The molecule has 0 atom stereocenters. The van der Waals surface area contributed by atoms with Crippen LogP contribution in [0.5, 0.6) is 0 Å². The van der Waals surface area contributed by atoms with Crippen LogP contribution in [0.25, 0.3) is 10.9 Å². The monoisotopic (exact) mass is 425 g/mol. The third kappa shape index (κ3) is 4.02. The van der Waals surface area contributed by atoms with Gasteiger partial charge in [-0.25, -0.2) is 8.96 Å². The van der Waals surface area contributed by atoms with Crippen molar-refractivity contribution < 1.29 is 14.0 Å². The third-order valence-electron chi connectivity index (χ3n) is 4.99. The number of halogens is 1. The summed E-state index contributed by atoms with van der Waals surface area (Å²) in [7, 11) is 0. The fourth-order valence-electron chi connectivity index (χ4n) is 3.32. The molecule has 0 fully saturated rings. The highest BCUT2D eigenvalue weighted by atomic mass is 19.1. The molecule has 0 saturated heterocycles. The summed E-state index contributed by atoms with van der Waals surface area (Å²) in [4.78, 5) is 39.2. The minimum absolute atomic E-state index is 0.0922. The molecule has 0 saturated carbocycles. The number of pyridine rings is 1. The van der Waals surface area contributed by atoms with Crippen molar-refractivity contribution in [3.8, 4) is 6.07 Å². The molecule has 1 N–H and O–H groups in total. The Morgan fingerprint density at radius 3 is 2.34 bits per heavy atom. The number of para-hydroxylation sites is 1. The summed E-state index contributed by atoms with van der Waals surface area (Å²) in [6, 6.07) is 21.7. The second-order valence-electron chi connectivity index (χ2n) is 7.06. The molecule has 0 radical (unpaired) electrons. The quantitative estimate of drug-likeness (QED) is 0.541. The van der Waals surface area contributed by atoms with E-state index in [9.17, 15) is 18.8 Å². The molecule has 6 nitrogen and oxygen atoms in total. The van der Waals surface area contributed by atoms with Crippen molar-refractivity contribution in [3.05, 3.63) is 117 Å². The zero-order valence-electron chi connectivity index (χ0n) is 16.7. The zero-order valence-corrected chi connectivity index (χ0v) is 16.7. The lowest BCUT2D eigenvalue weighted by molar-refractivity contribution is 0.0946. The maximum absolute atomic E-state index is 13.2. The molecule has 0 bridgehead atoms. The molecule has 32 heavy (non-hydrogen) atoms. The predicted molar refractivity (Wildman–Crippen MR) is 117 cm³/mol. The molecule has 4 aromatic rings. The average molecular weight is 425 g/mol. The van der Waals surface area contributed by atoms with Gasteiger partial charge in [0.1, 0.15) is 11.4 Å². The second-order valence-corrected chi connectivity index (χ2v) is 7.06. The van der Waals surface area contributed by atoms with Crippen molar-refractivity contribution in [1.82, 2.24) is 9.88 Å². The molecule has 7 heteroatoms. The Morgan fingerprint density at radius 1 is 0.969 bits per heavy atom. The Hall–Kier alpha value is -4.57. The fraction of sp³-hybridized carbons (Fsp3) is 0.0400. The molecule has 0 unspecified atom stereocenters. The van der Waals surface area contributed by atoms with Crippen LogP contribution >= 0.6 is 0 Å². The van der Waals surface area contributed by atoms with Crippen LogP contribution < -0.4 is 10.9 Å². The molecule has 0 aliphatic carbocycles. The lowest BCUT2D eigenvalue weighted by atomic mass is 10.1. The van der Waals surface area contributed by atoms with Gasteiger partial charge in [0.2, 0.25) is 0 Å². The van der Waals surface area contributed by atoms with E-state index in [1.54, 1.807) is 24.3 Å². The number of hydrogen-bond donors (Lipinski definition) is 1. The fourth-order valence-corrected chi connectivity index (χ4v) is 3.32. The van der Waals surface area contributed by atoms with Crippen LogP contribution in [0.2, 0.25) is 0 Å². The average Bonchev–Trinajstić information content (AvgIpc) is 2.83. The number of carbonyl (C=O) groups is 2. The van der Waals surface area contributed by atoms with Gasteiger partial charge in [0, 0.05) is 12.1 Å². The Bertz CT molecular complexity index is 1430. The van der Waals surface area contributed by atoms with Gasteiger partial charge in [0.05, 0.1) is 17.1 Å². The highest BCUT2D eigenvalue weighted by Gasteiger charge is 2.20. The molecule has 0 aliphatic rings. The molecule has 4 rings (SSSR count). The van der Waals surface area contributed by atoms with E-state index in [1.165, 1.54) is 54.6 Å². The number of nitrogens with one attached hydrogen (secondary N) is 1. The van der Waals surface area contributed by atoms with Crippen LogP contribution in [0.4, 0.5) is 4.39 Å². The van der Waals surface area contributed by atoms with Gasteiger partial charge in [-0.15, -0.1) is 0 Å². The molecule has 0 aliphatic heterocycles. The van der Waals surface area contributed by atoms with Crippen LogP contribution in [0.3, 0.4) is 0 Å². The summed E-state index contributed by atoms with van der Waals surface area (Å²) in [5.74, 6) is -1.64. The number of nitriles is 1. The van der Waals surface area contributed by atoms with E-state index >= 15 is 0 Å². The van der Waals surface area contributed by atoms with E-state index in [-0.39, 0.29) is 23.5 Å². The van der Waals surface area contributed by atoms with Crippen molar-refractivity contribution in [3.63, 3.8) is 0 Å². The van der Waals surface area contributed by atoms with Gasteiger partial charge in [-0.1, -0.05) is 30.3 Å². The largest absolute Gasteiger partial charge is 0.348 e. The Morgan fingerprint density at radius 2 is 1.66 bits per heavy atom. The van der Waals surface area contributed by atoms with Crippen LogP contribution in [0.15, 0.2) is 83.7 Å². The first-order valence-corrected chi connectivity index (χ1v) is 9.70. The summed E-state index contributed by atoms with van der Waals surface area (Å²) in [5, 5.41) is 12.1. The van der Waals surface area contributed by atoms with E-state index in [0.29, 0.717) is 22.0 Å². The van der Waals surface area contributed by atoms with E-state index in [4.69, 9.17) is 5.26 Å². The minimum Gasteiger partial charge on any atom is -0.348 e. The van der Waals surface area contributed by atoms with Crippen molar-refractivity contribution in [2.75, 3.05) is 0 Å². The molecule has 1 amide bonds. The lowest BCUT2D eigenvalue weighted by Gasteiger charge is -2.12. The number of hydrogen-bond acceptors (Lipinski definition) is 4. The van der Waals surface area contributed by atoms with Crippen molar-refractivity contribution in [1.29, 1.82) is 5.26 Å². The van der Waals surface area contributed by atoms with Crippen molar-refractivity contribution >= 4 is 22.7 Å². The number of fused-ring (bicyclic) bond motifs is 1. The maximum Gasteiger partial charge on any atom is 0.270 e. The van der Waals surface area contributed by atoms with Gasteiger partial charge in [0.25, 0.3) is 17.4 Å². The van der Waals surface area contributed by atoms with Gasteiger partial charge in [-0.2, -0.15) is 5.26 Å².